The molecule has 30 heavy (non-hydrogen) atoms. The molecule has 0 spiro atoms. The van der Waals surface area contributed by atoms with Crippen LogP contribution in [0.25, 0.3) is 16.9 Å². The number of benzene rings is 1. The summed E-state index contributed by atoms with van der Waals surface area (Å²) in [5.41, 5.74) is -0.494. The molecule has 0 aliphatic heterocycles. The first kappa shape index (κ1) is 21.5. The summed E-state index contributed by atoms with van der Waals surface area (Å²) in [7, 11) is 0. The highest BCUT2D eigenvalue weighted by Gasteiger charge is 2.24. The van der Waals surface area contributed by atoms with Gasteiger partial charge in [0.2, 0.25) is 0 Å². The van der Waals surface area contributed by atoms with Crippen LogP contribution in [0.3, 0.4) is 0 Å². The SMILES string of the molecule is CCOC(=O)[C@H](C)n1cnc2c1c(=O)n(CCC(C)C)c(=O)n2-c1ccc(F)cc1. The van der Waals surface area contributed by atoms with Crippen LogP contribution in [-0.2, 0) is 16.1 Å². The molecule has 0 unspecified atom stereocenters. The quantitative estimate of drug-likeness (QED) is 0.553. The van der Waals surface area contributed by atoms with Gasteiger partial charge in [0.1, 0.15) is 11.9 Å². The molecule has 0 N–H and O–H groups in total. The van der Waals surface area contributed by atoms with Crippen molar-refractivity contribution in [2.45, 2.75) is 46.7 Å². The van der Waals surface area contributed by atoms with E-state index in [-0.39, 0.29) is 30.2 Å². The van der Waals surface area contributed by atoms with Gasteiger partial charge in [-0.1, -0.05) is 13.8 Å². The van der Waals surface area contributed by atoms with Crippen molar-refractivity contribution in [3.05, 3.63) is 57.2 Å². The second-order valence-corrected chi connectivity index (χ2v) is 7.49. The Hall–Kier alpha value is -3.23. The number of hydrogen-bond acceptors (Lipinski definition) is 5. The number of fused-ring (bicyclic) bond motifs is 1. The maximum Gasteiger partial charge on any atom is 0.337 e. The Morgan fingerprint density at radius 1 is 1.17 bits per heavy atom. The predicted molar refractivity (Wildman–Crippen MR) is 110 cm³/mol. The summed E-state index contributed by atoms with van der Waals surface area (Å²) in [6, 6.07) is 4.55. The lowest BCUT2D eigenvalue weighted by Gasteiger charge is -2.15. The molecule has 3 rings (SSSR count). The molecule has 0 saturated heterocycles. The first-order valence-corrected chi connectivity index (χ1v) is 9.91. The van der Waals surface area contributed by atoms with Gasteiger partial charge < -0.3 is 9.30 Å². The Bertz CT molecular complexity index is 1170. The fourth-order valence-electron chi connectivity index (χ4n) is 3.22. The number of ether oxygens (including phenoxy) is 1. The lowest BCUT2D eigenvalue weighted by atomic mass is 10.1. The van der Waals surface area contributed by atoms with Crippen LogP contribution in [0, 0.1) is 11.7 Å². The van der Waals surface area contributed by atoms with Gasteiger partial charge in [-0.3, -0.25) is 9.36 Å². The highest BCUT2D eigenvalue weighted by molar-refractivity contribution is 5.79. The fraction of sp³-hybridized carbons (Fsp3) is 0.429. The number of rotatable bonds is 7. The van der Waals surface area contributed by atoms with Gasteiger partial charge in [0, 0.05) is 6.54 Å². The van der Waals surface area contributed by atoms with E-state index in [0.717, 1.165) is 4.57 Å². The highest BCUT2D eigenvalue weighted by Crippen LogP contribution is 2.18. The summed E-state index contributed by atoms with van der Waals surface area (Å²) in [6.45, 7) is 7.70. The highest BCUT2D eigenvalue weighted by atomic mass is 19.1. The zero-order valence-electron chi connectivity index (χ0n) is 17.5. The van der Waals surface area contributed by atoms with E-state index in [1.54, 1.807) is 13.8 Å². The maximum atomic E-state index is 13.4. The summed E-state index contributed by atoms with van der Waals surface area (Å²) >= 11 is 0. The monoisotopic (exact) mass is 416 g/mol. The molecule has 9 heteroatoms. The van der Waals surface area contributed by atoms with Crippen LogP contribution in [0.15, 0.2) is 40.2 Å². The average molecular weight is 416 g/mol. The molecule has 0 aliphatic carbocycles. The van der Waals surface area contributed by atoms with Crippen molar-refractivity contribution < 1.29 is 13.9 Å². The van der Waals surface area contributed by atoms with Crippen molar-refractivity contribution >= 4 is 17.1 Å². The molecule has 1 aromatic carbocycles. The van der Waals surface area contributed by atoms with Gasteiger partial charge in [-0.15, -0.1) is 0 Å². The summed E-state index contributed by atoms with van der Waals surface area (Å²) in [6.07, 6.45) is 1.96. The van der Waals surface area contributed by atoms with Crippen LogP contribution in [0.5, 0.6) is 0 Å². The largest absolute Gasteiger partial charge is 0.464 e. The molecule has 0 bridgehead atoms. The molecule has 2 heterocycles. The van der Waals surface area contributed by atoms with E-state index in [0.29, 0.717) is 12.1 Å². The Kier molecular flexibility index (Phi) is 6.19. The van der Waals surface area contributed by atoms with Crippen LogP contribution in [0.2, 0.25) is 0 Å². The summed E-state index contributed by atoms with van der Waals surface area (Å²) in [5, 5.41) is 0. The first-order valence-electron chi connectivity index (χ1n) is 9.91. The van der Waals surface area contributed by atoms with Gasteiger partial charge in [-0.05, 0) is 50.5 Å². The van der Waals surface area contributed by atoms with Crippen LogP contribution in [0.1, 0.15) is 40.2 Å². The Morgan fingerprint density at radius 2 is 1.83 bits per heavy atom. The second-order valence-electron chi connectivity index (χ2n) is 7.49. The summed E-state index contributed by atoms with van der Waals surface area (Å²) in [4.78, 5) is 43.0. The number of halogens is 1. The minimum Gasteiger partial charge on any atom is -0.464 e. The van der Waals surface area contributed by atoms with E-state index in [9.17, 15) is 18.8 Å². The van der Waals surface area contributed by atoms with Crippen molar-refractivity contribution in [2.75, 3.05) is 6.61 Å². The molecule has 8 nitrogen and oxygen atoms in total. The van der Waals surface area contributed by atoms with Gasteiger partial charge in [-0.2, -0.15) is 0 Å². The lowest BCUT2D eigenvalue weighted by Crippen LogP contribution is -2.40. The number of hydrogen-bond donors (Lipinski definition) is 0. The van der Waals surface area contributed by atoms with Gasteiger partial charge in [0.15, 0.2) is 11.2 Å². The minimum atomic E-state index is -0.805. The van der Waals surface area contributed by atoms with E-state index in [2.05, 4.69) is 4.98 Å². The minimum absolute atomic E-state index is 0.105. The van der Waals surface area contributed by atoms with Crippen molar-refractivity contribution in [1.82, 2.24) is 18.7 Å². The van der Waals surface area contributed by atoms with Gasteiger partial charge in [0.25, 0.3) is 5.56 Å². The number of nitrogens with zero attached hydrogens (tertiary/aromatic N) is 4. The number of imidazole rings is 1. The van der Waals surface area contributed by atoms with Crippen molar-refractivity contribution in [2.24, 2.45) is 5.92 Å². The molecule has 160 valence electrons. The average Bonchev–Trinajstić information content (AvgIpc) is 3.13. The van der Waals surface area contributed by atoms with Crippen molar-refractivity contribution in [3.8, 4) is 5.69 Å². The Morgan fingerprint density at radius 3 is 2.43 bits per heavy atom. The molecule has 1 atom stereocenters. The van der Waals surface area contributed by atoms with E-state index >= 15 is 0 Å². The molecule has 0 fully saturated rings. The van der Waals surface area contributed by atoms with Crippen LogP contribution in [0.4, 0.5) is 4.39 Å². The molecule has 0 radical (unpaired) electrons. The topological polar surface area (TPSA) is 88.1 Å². The molecule has 0 saturated carbocycles. The smallest absolute Gasteiger partial charge is 0.337 e. The number of carbonyl (C=O) groups excluding carboxylic acids is 1. The number of aromatic nitrogens is 4. The Balaban J connectivity index is 2.31. The zero-order valence-corrected chi connectivity index (χ0v) is 17.5. The van der Waals surface area contributed by atoms with Crippen molar-refractivity contribution in [1.29, 1.82) is 0 Å². The van der Waals surface area contributed by atoms with E-state index in [4.69, 9.17) is 4.74 Å². The third-order valence-corrected chi connectivity index (χ3v) is 4.92. The third-order valence-electron chi connectivity index (χ3n) is 4.92. The predicted octanol–water partition coefficient (Wildman–Crippen LogP) is 2.66. The van der Waals surface area contributed by atoms with Crippen LogP contribution in [-0.4, -0.2) is 31.3 Å². The molecular formula is C21H25FN4O4. The zero-order chi connectivity index (χ0) is 22.0. The van der Waals surface area contributed by atoms with Crippen molar-refractivity contribution in [3.63, 3.8) is 0 Å². The number of carbonyl (C=O) groups is 1. The molecular weight excluding hydrogens is 391 g/mol. The normalized spacial score (nSPS) is 12.5. The van der Waals surface area contributed by atoms with E-state index in [1.807, 2.05) is 13.8 Å². The van der Waals surface area contributed by atoms with Crippen LogP contribution < -0.4 is 11.2 Å². The standard InChI is InChI=1S/C21H25FN4O4/c1-5-30-20(28)14(4)25-12-23-18-17(25)19(27)24(11-10-13(2)3)21(29)26(18)16-8-6-15(22)7-9-16/h6-9,12-14H,5,10-11H2,1-4H3/t14-/m0/s1. The molecule has 0 amide bonds. The Labute approximate surface area is 172 Å². The van der Waals surface area contributed by atoms with Gasteiger partial charge in [-0.25, -0.2) is 23.5 Å². The van der Waals surface area contributed by atoms with Gasteiger partial charge >= 0.3 is 11.7 Å². The number of esters is 1. The van der Waals surface area contributed by atoms with E-state index < -0.39 is 29.1 Å². The molecule has 2 aromatic heterocycles. The molecule has 0 aliphatic rings. The van der Waals surface area contributed by atoms with Crippen LogP contribution >= 0.6 is 0 Å². The first-order chi connectivity index (χ1) is 14.3. The third kappa shape index (κ3) is 3.92. The van der Waals surface area contributed by atoms with Gasteiger partial charge in [0.05, 0.1) is 18.6 Å². The second kappa shape index (κ2) is 8.64. The maximum absolute atomic E-state index is 13.4. The fourth-order valence-corrected chi connectivity index (χ4v) is 3.22. The van der Waals surface area contributed by atoms with E-state index in [1.165, 1.54) is 39.7 Å². The molecule has 3 aromatic rings. The lowest BCUT2D eigenvalue weighted by molar-refractivity contribution is -0.146. The summed E-state index contributed by atoms with van der Waals surface area (Å²) in [5.74, 6) is -0.684. The summed E-state index contributed by atoms with van der Waals surface area (Å²) < 4.78 is 22.3.